The van der Waals surface area contributed by atoms with E-state index in [0.717, 1.165) is 16.8 Å². The van der Waals surface area contributed by atoms with E-state index in [1.54, 1.807) is 0 Å². The Morgan fingerprint density at radius 1 is 1.29 bits per heavy atom. The third-order valence-electron chi connectivity index (χ3n) is 3.49. The van der Waals surface area contributed by atoms with E-state index in [1.165, 1.54) is 0 Å². The number of rotatable bonds is 3. The molecule has 0 radical (unpaired) electrons. The van der Waals surface area contributed by atoms with E-state index in [4.69, 9.17) is 4.84 Å². The van der Waals surface area contributed by atoms with Crippen molar-refractivity contribution in [2.45, 2.75) is 13.0 Å². The molecule has 21 heavy (non-hydrogen) atoms. The molecule has 5 nitrogen and oxygen atoms in total. The number of nitrogens with zero attached hydrogens (tertiary/aromatic N) is 2. The Balaban J connectivity index is 1.79. The molecule has 0 bridgehead atoms. The number of carbonyl (C=O) groups is 1. The first-order valence-electron chi connectivity index (χ1n) is 6.92. The fraction of sp³-hybridized carbons (Fsp3) is 0.250. The second-order valence-electron chi connectivity index (χ2n) is 4.99. The summed E-state index contributed by atoms with van der Waals surface area (Å²) in [5.74, 6) is -0.0641. The molecular formula is C16H17N3O2. The van der Waals surface area contributed by atoms with Crippen LogP contribution < -0.4 is 5.32 Å². The van der Waals surface area contributed by atoms with Crippen LogP contribution in [0.2, 0.25) is 0 Å². The van der Waals surface area contributed by atoms with Gasteiger partial charge in [0.1, 0.15) is 12.3 Å². The lowest BCUT2D eigenvalue weighted by atomic mass is 10.1. The second kappa shape index (κ2) is 5.83. The fourth-order valence-corrected chi connectivity index (χ4v) is 2.41. The van der Waals surface area contributed by atoms with Crippen LogP contribution in [0.4, 0.5) is 0 Å². The van der Waals surface area contributed by atoms with Gasteiger partial charge in [0.25, 0.3) is 5.91 Å². The van der Waals surface area contributed by atoms with E-state index in [1.807, 2.05) is 54.2 Å². The third-order valence-corrected chi connectivity index (χ3v) is 3.49. The van der Waals surface area contributed by atoms with Crippen molar-refractivity contribution in [2.75, 3.05) is 6.54 Å². The van der Waals surface area contributed by atoms with Crippen LogP contribution in [0.1, 0.15) is 28.0 Å². The maximum absolute atomic E-state index is 12.0. The molecule has 0 saturated heterocycles. The van der Waals surface area contributed by atoms with Gasteiger partial charge in [0.05, 0.1) is 5.71 Å². The van der Waals surface area contributed by atoms with Crippen LogP contribution in [-0.4, -0.2) is 22.7 Å². The molecule has 0 unspecified atom stereocenters. The quantitative estimate of drug-likeness (QED) is 0.877. The lowest BCUT2D eigenvalue weighted by molar-refractivity contribution is 0.0948. The molecule has 1 amide bonds. The average Bonchev–Trinajstić information content (AvgIpc) is 2.80. The van der Waals surface area contributed by atoms with Crippen LogP contribution in [-0.2, 0) is 18.5 Å². The number of fused-ring (bicyclic) bond motifs is 1. The number of aryl methyl sites for hydroxylation is 1. The summed E-state index contributed by atoms with van der Waals surface area (Å²) in [6.45, 7) is 0.995. The highest BCUT2D eigenvalue weighted by Gasteiger charge is 2.22. The predicted octanol–water partition coefficient (Wildman–Crippen LogP) is 2.08. The van der Waals surface area contributed by atoms with Crippen molar-refractivity contribution in [2.24, 2.45) is 12.2 Å². The van der Waals surface area contributed by atoms with Gasteiger partial charge >= 0.3 is 0 Å². The molecule has 0 atom stereocenters. The molecule has 1 aromatic heterocycles. The van der Waals surface area contributed by atoms with Crippen molar-refractivity contribution in [3.05, 3.63) is 59.4 Å². The van der Waals surface area contributed by atoms with Crippen molar-refractivity contribution in [1.82, 2.24) is 9.88 Å². The molecule has 5 heteroatoms. The number of amides is 1. The highest BCUT2D eigenvalue weighted by Crippen LogP contribution is 2.16. The summed E-state index contributed by atoms with van der Waals surface area (Å²) >= 11 is 0. The Labute approximate surface area is 123 Å². The van der Waals surface area contributed by atoms with Gasteiger partial charge in [-0.15, -0.1) is 0 Å². The summed E-state index contributed by atoms with van der Waals surface area (Å²) in [7, 11) is 1.85. The van der Waals surface area contributed by atoms with Gasteiger partial charge in [-0.1, -0.05) is 35.5 Å². The minimum atomic E-state index is -0.0641. The van der Waals surface area contributed by atoms with Crippen LogP contribution in [0.15, 0.2) is 47.8 Å². The highest BCUT2D eigenvalue weighted by atomic mass is 16.6. The van der Waals surface area contributed by atoms with Gasteiger partial charge in [0.15, 0.2) is 0 Å². The maximum atomic E-state index is 12.0. The van der Waals surface area contributed by atoms with Crippen LogP contribution in [0.5, 0.6) is 0 Å². The smallest absolute Gasteiger partial charge is 0.268 e. The van der Waals surface area contributed by atoms with Gasteiger partial charge in [0.2, 0.25) is 0 Å². The van der Waals surface area contributed by atoms with Crippen LogP contribution in [0.3, 0.4) is 0 Å². The first-order valence-corrected chi connectivity index (χ1v) is 6.92. The molecule has 1 aliphatic heterocycles. The molecule has 1 aliphatic rings. The Kier molecular flexibility index (Phi) is 3.73. The topological polar surface area (TPSA) is 55.6 Å². The van der Waals surface area contributed by atoms with E-state index in [2.05, 4.69) is 10.5 Å². The van der Waals surface area contributed by atoms with E-state index in [0.29, 0.717) is 25.3 Å². The monoisotopic (exact) mass is 283 g/mol. The van der Waals surface area contributed by atoms with Crippen molar-refractivity contribution < 1.29 is 9.63 Å². The summed E-state index contributed by atoms with van der Waals surface area (Å²) in [6, 6.07) is 11.8. The van der Waals surface area contributed by atoms with E-state index >= 15 is 0 Å². The molecule has 0 fully saturated rings. The number of aromatic nitrogens is 1. The van der Waals surface area contributed by atoms with Gasteiger partial charge in [-0.3, -0.25) is 4.79 Å². The molecule has 1 N–H and O–H groups in total. The summed E-state index contributed by atoms with van der Waals surface area (Å²) < 4.78 is 1.81. The summed E-state index contributed by atoms with van der Waals surface area (Å²) in [5, 5.41) is 7.11. The molecule has 2 aromatic rings. The van der Waals surface area contributed by atoms with Crippen LogP contribution >= 0.6 is 0 Å². The minimum Gasteiger partial charge on any atom is -0.391 e. The normalized spacial score (nSPS) is 16.2. The molecule has 0 saturated carbocycles. The Bertz CT molecular complexity index is 674. The first-order chi connectivity index (χ1) is 10.3. The van der Waals surface area contributed by atoms with Gasteiger partial charge in [-0.2, -0.15) is 0 Å². The molecule has 108 valence electrons. The van der Waals surface area contributed by atoms with Gasteiger partial charge in [0, 0.05) is 31.8 Å². The van der Waals surface area contributed by atoms with Gasteiger partial charge in [-0.05, 0) is 11.6 Å². The summed E-state index contributed by atoms with van der Waals surface area (Å²) in [5.41, 5.74) is 3.35. The zero-order chi connectivity index (χ0) is 14.7. The van der Waals surface area contributed by atoms with E-state index < -0.39 is 0 Å². The van der Waals surface area contributed by atoms with Crippen molar-refractivity contribution in [3.63, 3.8) is 0 Å². The molecule has 0 aliphatic carbocycles. The van der Waals surface area contributed by atoms with Crippen LogP contribution in [0.25, 0.3) is 0 Å². The first kappa shape index (κ1) is 13.4. The maximum Gasteiger partial charge on any atom is 0.268 e. The summed E-state index contributed by atoms with van der Waals surface area (Å²) in [4.78, 5) is 17.5. The molecule has 0 spiro atoms. The molecule has 1 aromatic carbocycles. The SMILES string of the molecule is Cn1ccc2c1C(=O)NCC/C2=N\OCc1ccccc1. The van der Waals surface area contributed by atoms with Crippen molar-refractivity contribution >= 4 is 11.6 Å². The zero-order valence-electron chi connectivity index (χ0n) is 11.9. The number of carbonyl (C=O) groups excluding carboxylic acids is 1. The lowest BCUT2D eigenvalue weighted by Crippen LogP contribution is -2.24. The van der Waals surface area contributed by atoms with Crippen molar-refractivity contribution in [1.29, 1.82) is 0 Å². The summed E-state index contributed by atoms with van der Waals surface area (Å²) in [6.07, 6.45) is 2.53. The largest absolute Gasteiger partial charge is 0.391 e. The van der Waals surface area contributed by atoms with Crippen molar-refractivity contribution in [3.8, 4) is 0 Å². The Hall–Kier alpha value is -2.56. The Morgan fingerprint density at radius 3 is 2.90 bits per heavy atom. The minimum absolute atomic E-state index is 0.0641. The lowest BCUT2D eigenvalue weighted by Gasteiger charge is -2.04. The number of hydrogen-bond donors (Lipinski definition) is 1. The number of oxime groups is 1. The highest BCUT2D eigenvalue weighted by molar-refractivity contribution is 6.11. The predicted molar refractivity (Wildman–Crippen MR) is 80.1 cm³/mol. The van der Waals surface area contributed by atoms with Crippen LogP contribution in [0, 0.1) is 0 Å². The van der Waals surface area contributed by atoms with E-state index in [9.17, 15) is 4.79 Å². The van der Waals surface area contributed by atoms with Gasteiger partial charge < -0.3 is 14.7 Å². The Morgan fingerprint density at radius 2 is 2.10 bits per heavy atom. The molecule has 3 rings (SSSR count). The fourth-order valence-electron chi connectivity index (χ4n) is 2.41. The number of hydrogen-bond acceptors (Lipinski definition) is 3. The number of benzene rings is 1. The standard InChI is InChI=1S/C16H17N3O2/c1-19-10-8-13-14(7-9-17-16(20)15(13)19)18-21-11-12-5-3-2-4-6-12/h2-6,8,10H,7,9,11H2,1H3,(H,17,20)/b18-14+. The molecule has 2 heterocycles. The second-order valence-corrected chi connectivity index (χ2v) is 4.99. The van der Waals surface area contributed by atoms with Gasteiger partial charge in [-0.25, -0.2) is 0 Å². The average molecular weight is 283 g/mol. The number of nitrogens with one attached hydrogen (secondary N) is 1. The van der Waals surface area contributed by atoms with E-state index in [-0.39, 0.29) is 5.91 Å². The zero-order valence-corrected chi connectivity index (χ0v) is 11.9. The molecular weight excluding hydrogens is 266 g/mol. The third kappa shape index (κ3) is 2.81.